The quantitative estimate of drug-likeness (QED) is 0.497. The van der Waals surface area contributed by atoms with Crippen molar-refractivity contribution >= 4 is 23.4 Å². The molecule has 3 rings (SSSR count). The third-order valence-corrected chi connectivity index (χ3v) is 6.58. The summed E-state index contributed by atoms with van der Waals surface area (Å²) < 4.78 is 5.60. The molecule has 1 fully saturated rings. The number of alkyl carbamates (subject to hydrolysis) is 1. The predicted octanol–water partition coefficient (Wildman–Crippen LogP) is 6.00. The zero-order valence-electron chi connectivity index (χ0n) is 18.1. The SMILES string of the molecule is C=CCNC(=O)OC1CCC(CNC(=C)c2cccc(Cl)c2C)(c2ccccc2)CC1. The van der Waals surface area contributed by atoms with Gasteiger partial charge in [0, 0.05) is 34.8 Å². The highest BCUT2D eigenvalue weighted by Crippen LogP contribution is 2.40. The minimum absolute atomic E-state index is 0.0475. The lowest BCUT2D eigenvalue weighted by atomic mass is 9.68. The third-order valence-electron chi connectivity index (χ3n) is 6.17. The Morgan fingerprint density at radius 3 is 2.55 bits per heavy atom. The number of hydrogen-bond donors (Lipinski definition) is 2. The normalized spacial score (nSPS) is 20.5. The number of carbonyl (C=O) groups excluding carboxylic acids is 1. The Morgan fingerprint density at radius 1 is 1.16 bits per heavy atom. The first-order valence-corrected chi connectivity index (χ1v) is 11.1. The van der Waals surface area contributed by atoms with E-state index in [1.54, 1.807) is 6.08 Å². The van der Waals surface area contributed by atoms with Crippen LogP contribution in [0.1, 0.15) is 42.4 Å². The Labute approximate surface area is 190 Å². The summed E-state index contributed by atoms with van der Waals surface area (Å²) in [6.45, 7) is 11.1. The molecule has 1 saturated carbocycles. The summed E-state index contributed by atoms with van der Waals surface area (Å²) in [4.78, 5) is 11.9. The molecule has 0 spiro atoms. The fourth-order valence-corrected chi connectivity index (χ4v) is 4.45. The van der Waals surface area contributed by atoms with Gasteiger partial charge in [0.15, 0.2) is 0 Å². The maximum absolute atomic E-state index is 11.9. The average Bonchev–Trinajstić information content (AvgIpc) is 2.79. The zero-order valence-corrected chi connectivity index (χ0v) is 18.9. The van der Waals surface area contributed by atoms with Crippen LogP contribution < -0.4 is 10.6 Å². The van der Waals surface area contributed by atoms with Crippen molar-refractivity contribution in [3.05, 3.63) is 89.5 Å². The molecule has 1 aliphatic rings. The van der Waals surface area contributed by atoms with Gasteiger partial charge in [-0.25, -0.2) is 4.79 Å². The molecule has 0 heterocycles. The summed E-state index contributed by atoms with van der Waals surface area (Å²) in [7, 11) is 0. The van der Waals surface area contributed by atoms with Crippen LogP contribution in [-0.4, -0.2) is 25.3 Å². The van der Waals surface area contributed by atoms with Crippen molar-refractivity contribution < 1.29 is 9.53 Å². The molecule has 5 heteroatoms. The average molecular weight is 439 g/mol. The van der Waals surface area contributed by atoms with Crippen molar-refractivity contribution in [1.29, 1.82) is 0 Å². The maximum atomic E-state index is 11.9. The third kappa shape index (κ3) is 5.71. The summed E-state index contributed by atoms with van der Waals surface area (Å²) in [5, 5.41) is 7.00. The number of benzene rings is 2. The number of rotatable bonds is 8. The lowest BCUT2D eigenvalue weighted by molar-refractivity contribution is 0.0582. The zero-order chi connectivity index (χ0) is 22.3. The molecule has 164 valence electrons. The van der Waals surface area contributed by atoms with E-state index < -0.39 is 0 Å². The number of amides is 1. The number of hydrogen-bond acceptors (Lipinski definition) is 3. The van der Waals surface area contributed by atoms with E-state index in [9.17, 15) is 4.79 Å². The van der Waals surface area contributed by atoms with Crippen LogP contribution in [0.4, 0.5) is 4.79 Å². The second-order valence-corrected chi connectivity index (χ2v) is 8.57. The van der Waals surface area contributed by atoms with Crippen LogP contribution in [0.15, 0.2) is 67.8 Å². The Hall–Kier alpha value is -2.72. The fraction of sp³-hybridized carbons (Fsp3) is 0.346. The molecule has 0 bridgehead atoms. The largest absolute Gasteiger partial charge is 0.446 e. The van der Waals surface area contributed by atoms with Gasteiger partial charge in [-0.2, -0.15) is 0 Å². The van der Waals surface area contributed by atoms with E-state index in [0.717, 1.165) is 54.1 Å². The molecule has 1 aliphatic carbocycles. The van der Waals surface area contributed by atoms with Crippen LogP contribution in [0, 0.1) is 6.92 Å². The second kappa shape index (κ2) is 10.5. The van der Waals surface area contributed by atoms with Crippen LogP contribution in [0.3, 0.4) is 0 Å². The van der Waals surface area contributed by atoms with Gasteiger partial charge < -0.3 is 15.4 Å². The van der Waals surface area contributed by atoms with Gasteiger partial charge in [0.1, 0.15) is 6.10 Å². The topological polar surface area (TPSA) is 50.4 Å². The fourth-order valence-electron chi connectivity index (χ4n) is 4.28. The van der Waals surface area contributed by atoms with Gasteiger partial charge in [-0.1, -0.05) is 66.7 Å². The highest BCUT2D eigenvalue weighted by molar-refractivity contribution is 6.31. The second-order valence-electron chi connectivity index (χ2n) is 8.17. The van der Waals surface area contributed by atoms with Gasteiger partial charge in [0.2, 0.25) is 0 Å². The molecule has 4 nitrogen and oxygen atoms in total. The van der Waals surface area contributed by atoms with Crippen molar-refractivity contribution in [3.8, 4) is 0 Å². The lowest BCUT2D eigenvalue weighted by Crippen LogP contribution is -2.43. The molecule has 0 unspecified atom stereocenters. The molecule has 2 aromatic rings. The van der Waals surface area contributed by atoms with Crippen LogP contribution in [0.25, 0.3) is 5.70 Å². The first-order valence-electron chi connectivity index (χ1n) is 10.7. The summed E-state index contributed by atoms with van der Waals surface area (Å²) >= 11 is 6.30. The predicted molar refractivity (Wildman–Crippen MR) is 128 cm³/mol. The maximum Gasteiger partial charge on any atom is 0.407 e. The van der Waals surface area contributed by atoms with E-state index in [0.29, 0.717) is 6.54 Å². The van der Waals surface area contributed by atoms with Gasteiger partial charge >= 0.3 is 6.09 Å². The lowest BCUT2D eigenvalue weighted by Gasteiger charge is -2.41. The first kappa shape index (κ1) is 23.0. The highest BCUT2D eigenvalue weighted by Gasteiger charge is 2.38. The number of nitrogens with one attached hydrogen (secondary N) is 2. The van der Waals surface area contributed by atoms with E-state index in [1.165, 1.54) is 5.56 Å². The minimum Gasteiger partial charge on any atom is -0.446 e. The van der Waals surface area contributed by atoms with Crippen LogP contribution in [0.5, 0.6) is 0 Å². The molecule has 0 atom stereocenters. The van der Waals surface area contributed by atoms with E-state index >= 15 is 0 Å². The summed E-state index contributed by atoms with van der Waals surface area (Å²) in [5.41, 5.74) is 4.18. The van der Waals surface area contributed by atoms with Gasteiger partial charge in [0.05, 0.1) is 0 Å². The Balaban J connectivity index is 1.70. The molecule has 0 aromatic heterocycles. The standard InChI is InChI=1S/C26H31ClN2O2/c1-4-17-28-25(30)31-22-13-15-26(16-14-22,21-9-6-5-7-10-21)18-29-20(3)23-11-8-12-24(27)19(23)2/h4-12,22,29H,1,3,13-18H2,2H3,(H,28,30). The van der Waals surface area contributed by atoms with Crippen molar-refractivity contribution in [3.63, 3.8) is 0 Å². The van der Waals surface area contributed by atoms with Gasteiger partial charge in [-0.15, -0.1) is 6.58 Å². The van der Waals surface area contributed by atoms with Crippen LogP contribution in [0.2, 0.25) is 5.02 Å². The van der Waals surface area contributed by atoms with E-state index in [-0.39, 0.29) is 17.6 Å². The molecule has 0 saturated heterocycles. The summed E-state index contributed by atoms with van der Waals surface area (Å²) in [6, 6.07) is 16.5. The van der Waals surface area contributed by atoms with E-state index in [4.69, 9.17) is 16.3 Å². The molecule has 0 aliphatic heterocycles. The smallest absolute Gasteiger partial charge is 0.407 e. The first-order chi connectivity index (χ1) is 14.9. The molecule has 31 heavy (non-hydrogen) atoms. The van der Waals surface area contributed by atoms with Crippen molar-refractivity contribution in [2.24, 2.45) is 0 Å². The van der Waals surface area contributed by atoms with Crippen LogP contribution >= 0.6 is 11.6 Å². The van der Waals surface area contributed by atoms with Gasteiger partial charge in [-0.05, 0) is 49.8 Å². The van der Waals surface area contributed by atoms with Crippen molar-refractivity contribution in [2.45, 2.75) is 44.1 Å². The molecule has 2 aromatic carbocycles. The van der Waals surface area contributed by atoms with Crippen molar-refractivity contribution in [2.75, 3.05) is 13.1 Å². The van der Waals surface area contributed by atoms with Crippen LogP contribution in [-0.2, 0) is 10.2 Å². The monoisotopic (exact) mass is 438 g/mol. The molecular weight excluding hydrogens is 408 g/mol. The number of carbonyl (C=O) groups is 1. The number of ether oxygens (including phenoxy) is 1. The molecule has 0 radical (unpaired) electrons. The number of halogens is 1. The highest BCUT2D eigenvalue weighted by atomic mass is 35.5. The molecular formula is C26H31ClN2O2. The Morgan fingerprint density at radius 2 is 1.87 bits per heavy atom. The Kier molecular flexibility index (Phi) is 7.80. The summed E-state index contributed by atoms with van der Waals surface area (Å²) in [6.07, 6.45) is 4.68. The molecule has 2 N–H and O–H groups in total. The minimum atomic E-state index is -0.375. The van der Waals surface area contributed by atoms with Gasteiger partial charge in [-0.3, -0.25) is 0 Å². The van der Waals surface area contributed by atoms with E-state index in [1.807, 2.05) is 31.2 Å². The molecule has 1 amide bonds. The Bertz CT molecular complexity index is 918. The van der Waals surface area contributed by atoms with Gasteiger partial charge in [0.25, 0.3) is 0 Å². The van der Waals surface area contributed by atoms with E-state index in [2.05, 4.69) is 48.1 Å². The van der Waals surface area contributed by atoms with Crippen molar-refractivity contribution in [1.82, 2.24) is 10.6 Å². The summed E-state index contributed by atoms with van der Waals surface area (Å²) in [5.74, 6) is 0.